The van der Waals surface area contributed by atoms with E-state index >= 15 is 0 Å². The van der Waals surface area contributed by atoms with Gasteiger partial charge in [0.05, 0.1) is 11.7 Å². The molecule has 0 aliphatic carbocycles. The number of rotatable bonds is 7. The third kappa shape index (κ3) is 6.22. The number of benzene rings is 2. The number of carbonyl (C=O) groups excluding carboxylic acids is 2. The molecule has 202 valence electrons. The number of hydrogen-bond acceptors (Lipinski definition) is 5. The molecule has 3 aromatic rings. The quantitative estimate of drug-likeness (QED) is 0.338. The molecule has 1 aromatic heterocycles. The molecule has 1 atom stereocenters. The number of aryl methyl sites for hydroxylation is 1. The molecular formula is C30H36ClN3O3S. The van der Waals surface area contributed by atoms with Gasteiger partial charge in [-0.3, -0.25) is 14.5 Å². The van der Waals surface area contributed by atoms with Crippen molar-refractivity contribution in [3.63, 3.8) is 0 Å². The number of likely N-dealkylation sites (N-methyl/N-ethyl adjacent to an activating group) is 1. The van der Waals surface area contributed by atoms with Gasteiger partial charge in [-0.1, -0.05) is 43.6 Å². The first kappa shape index (κ1) is 28.1. The first-order valence-corrected chi connectivity index (χ1v) is 14.6. The lowest BCUT2D eigenvalue weighted by molar-refractivity contribution is -0.133. The molecule has 0 saturated carbocycles. The lowest BCUT2D eigenvalue weighted by Crippen LogP contribution is -2.47. The van der Waals surface area contributed by atoms with Crippen LogP contribution >= 0.6 is 22.9 Å². The predicted molar refractivity (Wildman–Crippen MR) is 156 cm³/mol. The summed E-state index contributed by atoms with van der Waals surface area (Å²) in [5, 5.41) is 4.75. The summed E-state index contributed by atoms with van der Waals surface area (Å²) in [5.74, 6) is 0.196. The van der Waals surface area contributed by atoms with Crippen LogP contribution in [-0.4, -0.2) is 61.4 Å². The Bertz CT molecular complexity index is 1260. The standard InChI is InChI=1S/C28H30ClN3O3S.C2H6/c1-19-12-26-24(14-23(19)29)32(28(34)17-35-26)16-27(33)30(2)25(15-31-9-3-4-10-31)21-7-5-6-20(13-21)22-8-11-36-18-22;1-2/h5-8,11-14,18,25H,3-4,9-10,15-17H2,1-2H3;1-2H3. The zero-order valence-electron chi connectivity index (χ0n) is 22.6. The minimum atomic E-state index is -0.250. The summed E-state index contributed by atoms with van der Waals surface area (Å²) in [5.41, 5.74) is 4.82. The molecule has 2 amide bonds. The van der Waals surface area contributed by atoms with E-state index in [2.05, 4.69) is 46.0 Å². The Hall–Kier alpha value is -2.87. The van der Waals surface area contributed by atoms with E-state index in [1.165, 1.54) is 23.3 Å². The highest BCUT2D eigenvalue weighted by Gasteiger charge is 2.32. The highest BCUT2D eigenvalue weighted by molar-refractivity contribution is 7.08. The van der Waals surface area contributed by atoms with Crippen LogP contribution in [-0.2, 0) is 9.59 Å². The van der Waals surface area contributed by atoms with Crippen LogP contribution in [0.3, 0.4) is 0 Å². The molecule has 2 aliphatic rings. The van der Waals surface area contributed by atoms with Crippen molar-refractivity contribution in [3.8, 4) is 16.9 Å². The van der Waals surface area contributed by atoms with Crippen molar-refractivity contribution in [1.29, 1.82) is 0 Å². The van der Waals surface area contributed by atoms with Gasteiger partial charge in [-0.05, 0) is 90.1 Å². The summed E-state index contributed by atoms with van der Waals surface area (Å²) in [7, 11) is 1.84. The zero-order chi connectivity index (χ0) is 27.2. The van der Waals surface area contributed by atoms with E-state index < -0.39 is 0 Å². The number of likely N-dealkylation sites (tertiary alicyclic amines) is 1. The Morgan fingerprint density at radius 2 is 1.89 bits per heavy atom. The molecule has 0 radical (unpaired) electrons. The van der Waals surface area contributed by atoms with Crippen molar-refractivity contribution < 1.29 is 14.3 Å². The summed E-state index contributed by atoms with van der Waals surface area (Å²) in [6, 6.07) is 14.0. The van der Waals surface area contributed by atoms with Gasteiger partial charge in [-0.2, -0.15) is 11.3 Å². The molecule has 2 aromatic carbocycles. The van der Waals surface area contributed by atoms with Gasteiger partial charge in [0.25, 0.3) is 5.91 Å². The van der Waals surface area contributed by atoms with Crippen molar-refractivity contribution in [2.45, 2.75) is 39.7 Å². The van der Waals surface area contributed by atoms with Crippen LogP contribution in [0.4, 0.5) is 5.69 Å². The van der Waals surface area contributed by atoms with Gasteiger partial charge in [0, 0.05) is 18.6 Å². The van der Waals surface area contributed by atoms with Crippen LogP contribution < -0.4 is 9.64 Å². The highest BCUT2D eigenvalue weighted by atomic mass is 35.5. The molecule has 1 saturated heterocycles. The fourth-order valence-electron chi connectivity index (χ4n) is 4.93. The molecule has 8 heteroatoms. The van der Waals surface area contributed by atoms with Crippen LogP contribution in [0.25, 0.3) is 11.1 Å². The van der Waals surface area contributed by atoms with Crippen molar-refractivity contribution in [1.82, 2.24) is 9.80 Å². The second-order valence-electron chi connectivity index (χ2n) is 9.50. The number of hydrogen-bond donors (Lipinski definition) is 0. The summed E-state index contributed by atoms with van der Waals surface area (Å²) in [6.45, 7) is 8.56. The van der Waals surface area contributed by atoms with Gasteiger partial charge in [-0.15, -0.1) is 0 Å². The minimum absolute atomic E-state index is 0.0637. The first-order chi connectivity index (χ1) is 18.4. The molecule has 3 heterocycles. The van der Waals surface area contributed by atoms with Crippen molar-refractivity contribution >= 4 is 40.4 Å². The highest BCUT2D eigenvalue weighted by Crippen LogP contribution is 2.37. The zero-order valence-corrected chi connectivity index (χ0v) is 24.1. The number of nitrogens with zero attached hydrogens (tertiary/aromatic N) is 3. The second kappa shape index (κ2) is 12.8. The van der Waals surface area contributed by atoms with Crippen LogP contribution in [0.5, 0.6) is 5.75 Å². The Morgan fingerprint density at radius 3 is 2.61 bits per heavy atom. The lowest BCUT2D eigenvalue weighted by atomic mass is 9.99. The normalized spacial score (nSPS) is 15.8. The number of amides is 2. The monoisotopic (exact) mass is 553 g/mol. The minimum Gasteiger partial charge on any atom is -0.482 e. The predicted octanol–water partition coefficient (Wildman–Crippen LogP) is 6.42. The SMILES string of the molecule is CC.Cc1cc2c(cc1Cl)N(CC(=O)N(C)C(CN1CCCC1)c1cccc(-c3ccsc3)c1)C(=O)CO2. The van der Waals surface area contributed by atoms with Gasteiger partial charge in [0.2, 0.25) is 5.91 Å². The molecular weight excluding hydrogens is 518 g/mol. The molecule has 0 spiro atoms. The van der Waals surface area contributed by atoms with Crippen molar-refractivity contribution in [3.05, 3.63) is 69.4 Å². The van der Waals surface area contributed by atoms with Crippen LogP contribution in [0.1, 0.15) is 43.9 Å². The number of thiophene rings is 1. The fraction of sp³-hybridized carbons (Fsp3) is 0.400. The maximum absolute atomic E-state index is 13.7. The smallest absolute Gasteiger partial charge is 0.265 e. The third-order valence-corrected chi connectivity index (χ3v) is 8.18. The first-order valence-electron chi connectivity index (χ1n) is 13.2. The molecule has 2 aliphatic heterocycles. The van der Waals surface area contributed by atoms with Gasteiger partial charge >= 0.3 is 0 Å². The van der Waals surface area contributed by atoms with Gasteiger partial charge in [-0.25, -0.2) is 0 Å². The molecule has 38 heavy (non-hydrogen) atoms. The summed E-state index contributed by atoms with van der Waals surface area (Å²) < 4.78 is 5.62. The van der Waals surface area contributed by atoms with Gasteiger partial charge < -0.3 is 14.5 Å². The molecule has 5 rings (SSSR count). The molecule has 0 N–H and O–H groups in total. The van der Waals surface area contributed by atoms with Crippen molar-refractivity contribution in [2.24, 2.45) is 0 Å². The van der Waals surface area contributed by atoms with E-state index in [-0.39, 0.29) is 31.0 Å². The summed E-state index contributed by atoms with van der Waals surface area (Å²) in [6.07, 6.45) is 2.36. The number of carbonyl (C=O) groups is 2. The maximum atomic E-state index is 13.7. The van der Waals surface area contributed by atoms with Crippen LogP contribution in [0.2, 0.25) is 5.02 Å². The number of anilines is 1. The third-order valence-electron chi connectivity index (χ3n) is 7.09. The molecule has 6 nitrogen and oxygen atoms in total. The van der Waals surface area contributed by atoms with E-state index in [0.717, 1.165) is 36.3 Å². The Morgan fingerprint density at radius 1 is 1.13 bits per heavy atom. The van der Waals surface area contributed by atoms with Crippen LogP contribution in [0.15, 0.2) is 53.2 Å². The maximum Gasteiger partial charge on any atom is 0.265 e. The lowest BCUT2D eigenvalue weighted by Gasteiger charge is -2.35. The van der Waals surface area contributed by atoms with Gasteiger partial charge in [0.1, 0.15) is 12.3 Å². The number of fused-ring (bicyclic) bond motifs is 1. The summed E-state index contributed by atoms with van der Waals surface area (Å²) in [4.78, 5) is 32.2. The van der Waals surface area contributed by atoms with Gasteiger partial charge in [0.15, 0.2) is 6.61 Å². The Balaban J connectivity index is 0.00000164. The van der Waals surface area contributed by atoms with E-state index in [1.54, 1.807) is 22.3 Å². The average Bonchev–Trinajstić information content (AvgIpc) is 3.66. The average molecular weight is 554 g/mol. The molecule has 1 fully saturated rings. The van der Waals surface area contributed by atoms with E-state index in [9.17, 15) is 9.59 Å². The second-order valence-corrected chi connectivity index (χ2v) is 10.7. The Labute approximate surface area is 234 Å². The Kier molecular flexibility index (Phi) is 9.47. The molecule has 1 unspecified atom stereocenters. The summed E-state index contributed by atoms with van der Waals surface area (Å²) >= 11 is 8.02. The number of ether oxygens (including phenoxy) is 1. The van der Waals surface area contributed by atoms with E-state index in [4.69, 9.17) is 16.3 Å². The van der Waals surface area contributed by atoms with E-state index in [1.807, 2.05) is 33.9 Å². The number of halogens is 1. The van der Waals surface area contributed by atoms with Crippen molar-refractivity contribution in [2.75, 3.05) is 44.7 Å². The largest absolute Gasteiger partial charge is 0.482 e. The fourth-order valence-corrected chi connectivity index (χ4v) is 5.76. The topological polar surface area (TPSA) is 53.1 Å². The van der Waals surface area contributed by atoms with E-state index in [0.29, 0.717) is 16.5 Å². The van der Waals surface area contributed by atoms with Crippen LogP contribution in [0, 0.1) is 6.92 Å². The molecule has 0 bridgehead atoms.